The lowest BCUT2D eigenvalue weighted by atomic mass is 9.95. The van der Waals surface area contributed by atoms with E-state index in [9.17, 15) is 4.79 Å². The number of nitrogens with two attached hydrogens (primary N) is 1. The Bertz CT molecular complexity index is 500. The summed E-state index contributed by atoms with van der Waals surface area (Å²) in [6, 6.07) is 8.21. The molecule has 3 rings (SSSR count). The van der Waals surface area contributed by atoms with E-state index >= 15 is 0 Å². The molecule has 1 aromatic rings. The van der Waals surface area contributed by atoms with Crippen LogP contribution < -0.4 is 11.1 Å². The van der Waals surface area contributed by atoms with Crippen LogP contribution in [0.4, 0.5) is 0 Å². The van der Waals surface area contributed by atoms with Crippen molar-refractivity contribution in [2.24, 2.45) is 11.7 Å². The Morgan fingerprint density at radius 2 is 1.95 bits per heavy atom. The van der Waals surface area contributed by atoms with Crippen LogP contribution in [0.5, 0.6) is 0 Å². The zero-order valence-electron chi connectivity index (χ0n) is 12.0. The summed E-state index contributed by atoms with van der Waals surface area (Å²) < 4.78 is 0. The van der Waals surface area contributed by atoms with Crippen LogP contribution in [0.25, 0.3) is 0 Å². The molecule has 2 aliphatic rings. The summed E-state index contributed by atoms with van der Waals surface area (Å²) in [6.07, 6.45) is 5.01. The Hall–Kier alpha value is -0.770. The highest BCUT2D eigenvalue weighted by Crippen LogP contribution is 2.47. The van der Waals surface area contributed by atoms with Crippen molar-refractivity contribution in [3.63, 3.8) is 0 Å². The lowest BCUT2D eigenvalue weighted by molar-refractivity contribution is -0.124. The Morgan fingerprint density at radius 1 is 1.29 bits per heavy atom. The van der Waals surface area contributed by atoms with E-state index in [1.165, 1.54) is 5.56 Å². The molecule has 2 saturated carbocycles. The van der Waals surface area contributed by atoms with Crippen molar-refractivity contribution in [1.82, 2.24) is 5.32 Å². The average molecular weight is 329 g/mol. The van der Waals surface area contributed by atoms with Crippen LogP contribution in [0.2, 0.25) is 5.02 Å². The van der Waals surface area contributed by atoms with Crippen LogP contribution in [-0.2, 0) is 10.2 Å². The summed E-state index contributed by atoms with van der Waals surface area (Å²) >= 11 is 5.93. The number of rotatable bonds is 4. The van der Waals surface area contributed by atoms with E-state index < -0.39 is 0 Å². The van der Waals surface area contributed by atoms with Crippen molar-refractivity contribution in [1.29, 1.82) is 0 Å². The molecule has 0 saturated heterocycles. The van der Waals surface area contributed by atoms with Crippen molar-refractivity contribution in [3.05, 3.63) is 34.9 Å². The second-order valence-electron chi connectivity index (χ2n) is 6.28. The molecule has 3 N–H and O–H groups in total. The van der Waals surface area contributed by atoms with Crippen LogP contribution in [0.3, 0.4) is 0 Å². The molecular formula is C16H22Cl2N2O. The summed E-state index contributed by atoms with van der Waals surface area (Å²) in [7, 11) is 0. The largest absolute Gasteiger partial charge is 0.355 e. The van der Waals surface area contributed by atoms with Gasteiger partial charge in [-0.1, -0.05) is 23.7 Å². The Morgan fingerprint density at radius 3 is 2.48 bits per heavy atom. The van der Waals surface area contributed by atoms with Crippen LogP contribution in [0.1, 0.15) is 37.7 Å². The highest BCUT2D eigenvalue weighted by atomic mass is 35.5. The minimum absolute atomic E-state index is 0. The minimum Gasteiger partial charge on any atom is -0.355 e. The molecule has 1 amide bonds. The van der Waals surface area contributed by atoms with Gasteiger partial charge < -0.3 is 11.1 Å². The maximum atomic E-state index is 12.2. The van der Waals surface area contributed by atoms with E-state index in [1.54, 1.807) is 0 Å². The Labute approximate surface area is 137 Å². The van der Waals surface area contributed by atoms with Crippen molar-refractivity contribution in [2.45, 2.75) is 43.6 Å². The van der Waals surface area contributed by atoms with Gasteiger partial charge in [0.1, 0.15) is 0 Å². The fourth-order valence-electron chi connectivity index (χ4n) is 3.18. The fraction of sp³-hybridized carbons (Fsp3) is 0.562. The number of hydrogen-bond acceptors (Lipinski definition) is 2. The third kappa shape index (κ3) is 3.71. The molecule has 0 radical (unpaired) electrons. The molecule has 0 aromatic heterocycles. The predicted molar refractivity (Wildman–Crippen MR) is 87.9 cm³/mol. The zero-order chi connectivity index (χ0) is 14.2. The SMILES string of the molecule is Cl.NC1CCC(C(=O)NCC2(c3ccc(Cl)cc3)CC2)C1. The number of carbonyl (C=O) groups excluding carboxylic acids is 1. The van der Waals surface area contributed by atoms with Crippen molar-refractivity contribution in [3.8, 4) is 0 Å². The molecular weight excluding hydrogens is 307 g/mol. The number of hydrogen-bond donors (Lipinski definition) is 2. The van der Waals surface area contributed by atoms with Crippen molar-refractivity contribution >= 4 is 29.9 Å². The van der Waals surface area contributed by atoms with Gasteiger partial charge in [-0.2, -0.15) is 0 Å². The maximum absolute atomic E-state index is 12.2. The van der Waals surface area contributed by atoms with Gasteiger partial charge in [-0.3, -0.25) is 4.79 Å². The number of halogens is 2. The quantitative estimate of drug-likeness (QED) is 0.892. The second-order valence-corrected chi connectivity index (χ2v) is 6.71. The monoisotopic (exact) mass is 328 g/mol. The normalized spacial score (nSPS) is 26.0. The van der Waals surface area contributed by atoms with E-state index in [1.807, 2.05) is 12.1 Å². The summed E-state index contributed by atoms with van der Waals surface area (Å²) in [5, 5.41) is 3.89. The van der Waals surface area contributed by atoms with Gasteiger partial charge in [-0.25, -0.2) is 0 Å². The van der Waals surface area contributed by atoms with E-state index in [-0.39, 0.29) is 35.7 Å². The van der Waals surface area contributed by atoms with Gasteiger partial charge in [0.05, 0.1) is 0 Å². The molecule has 21 heavy (non-hydrogen) atoms. The summed E-state index contributed by atoms with van der Waals surface area (Å²) in [5.41, 5.74) is 7.29. The summed E-state index contributed by atoms with van der Waals surface area (Å²) in [4.78, 5) is 12.2. The van der Waals surface area contributed by atoms with E-state index in [0.717, 1.165) is 43.7 Å². The first-order valence-corrected chi connectivity index (χ1v) is 7.76. The number of benzene rings is 1. The van der Waals surface area contributed by atoms with Gasteiger partial charge in [-0.05, 0) is 49.8 Å². The molecule has 0 bridgehead atoms. The number of nitrogens with one attached hydrogen (secondary N) is 1. The first kappa shape index (κ1) is 16.6. The molecule has 2 atom stereocenters. The standard InChI is InChI=1S/C16H21ClN2O.ClH/c17-13-4-2-12(3-5-13)16(7-8-16)10-19-15(20)11-1-6-14(18)9-11;/h2-5,11,14H,1,6-10,18H2,(H,19,20);1H. The predicted octanol–water partition coefficient (Wildman–Crippen LogP) is 3.04. The highest BCUT2D eigenvalue weighted by molar-refractivity contribution is 6.30. The lowest BCUT2D eigenvalue weighted by Crippen LogP contribution is -2.36. The topological polar surface area (TPSA) is 55.1 Å². The lowest BCUT2D eigenvalue weighted by Gasteiger charge is -2.18. The molecule has 0 spiro atoms. The highest BCUT2D eigenvalue weighted by Gasteiger charge is 2.44. The third-order valence-corrected chi connectivity index (χ3v) is 5.01. The van der Waals surface area contributed by atoms with Crippen molar-refractivity contribution in [2.75, 3.05) is 6.54 Å². The molecule has 2 fully saturated rings. The van der Waals surface area contributed by atoms with Gasteiger partial charge in [0, 0.05) is 28.9 Å². The molecule has 2 aliphatic carbocycles. The molecule has 0 heterocycles. The van der Waals surface area contributed by atoms with Crippen LogP contribution in [-0.4, -0.2) is 18.5 Å². The van der Waals surface area contributed by atoms with Crippen LogP contribution in [0.15, 0.2) is 24.3 Å². The molecule has 116 valence electrons. The first-order chi connectivity index (χ1) is 9.59. The summed E-state index contributed by atoms with van der Waals surface area (Å²) in [6.45, 7) is 0.735. The van der Waals surface area contributed by atoms with Crippen molar-refractivity contribution < 1.29 is 4.79 Å². The van der Waals surface area contributed by atoms with E-state index in [4.69, 9.17) is 17.3 Å². The van der Waals surface area contributed by atoms with Gasteiger partial charge >= 0.3 is 0 Å². The average Bonchev–Trinajstić information content (AvgIpc) is 3.11. The second kappa shape index (κ2) is 6.55. The van der Waals surface area contributed by atoms with Gasteiger partial charge in [0.15, 0.2) is 0 Å². The van der Waals surface area contributed by atoms with Gasteiger partial charge in [0.25, 0.3) is 0 Å². The van der Waals surface area contributed by atoms with Gasteiger partial charge in [-0.15, -0.1) is 12.4 Å². The maximum Gasteiger partial charge on any atom is 0.223 e. The summed E-state index contributed by atoms with van der Waals surface area (Å²) in [5.74, 6) is 0.296. The zero-order valence-corrected chi connectivity index (χ0v) is 13.6. The number of carbonyl (C=O) groups is 1. The smallest absolute Gasteiger partial charge is 0.223 e. The van der Waals surface area contributed by atoms with Crippen LogP contribution in [0, 0.1) is 5.92 Å². The molecule has 2 unspecified atom stereocenters. The fourth-order valence-corrected chi connectivity index (χ4v) is 3.30. The Balaban J connectivity index is 0.00000161. The molecule has 1 aromatic carbocycles. The first-order valence-electron chi connectivity index (χ1n) is 7.38. The van der Waals surface area contributed by atoms with Gasteiger partial charge in [0.2, 0.25) is 5.91 Å². The van der Waals surface area contributed by atoms with E-state index in [0.29, 0.717) is 0 Å². The Kier molecular flexibility index (Phi) is 5.18. The van der Waals surface area contributed by atoms with Crippen LogP contribution >= 0.6 is 24.0 Å². The molecule has 5 heteroatoms. The molecule has 3 nitrogen and oxygen atoms in total. The third-order valence-electron chi connectivity index (χ3n) is 4.76. The van der Waals surface area contributed by atoms with E-state index in [2.05, 4.69) is 17.4 Å². The molecule has 0 aliphatic heterocycles. The minimum atomic E-state index is 0. The number of amides is 1.